The van der Waals surface area contributed by atoms with Gasteiger partial charge in [-0.1, -0.05) is 18.7 Å². The number of nitrogens with one attached hydrogen (secondary N) is 1. The summed E-state index contributed by atoms with van der Waals surface area (Å²) in [5.41, 5.74) is 2.15. The molecule has 0 saturated carbocycles. The van der Waals surface area contributed by atoms with Crippen LogP contribution in [0.25, 0.3) is 0 Å². The van der Waals surface area contributed by atoms with Crippen molar-refractivity contribution in [1.82, 2.24) is 5.32 Å². The normalized spacial score (nSPS) is 10.4. The van der Waals surface area contributed by atoms with Gasteiger partial charge >= 0.3 is 0 Å². The summed E-state index contributed by atoms with van der Waals surface area (Å²) in [5, 5.41) is 5.52. The highest BCUT2D eigenvalue weighted by atomic mass is 32.1. The van der Waals surface area contributed by atoms with E-state index in [2.05, 4.69) is 29.4 Å². The average Bonchev–Trinajstić information content (AvgIpc) is 2.98. The van der Waals surface area contributed by atoms with Crippen molar-refractivity contribution in [3.63, 3.8) is 0 Å². The standard InChI is InChI=1S/C17H21NO2S/c1-13(2)12-20-17-9-14(6-7-16(17)19-3)10-18-11-15-5-4-8-21-15/h4-9,18H,1,10-12H2,2-3H3. The van der Waals surface area contributed by atoms with Gasteiger partial charge in [0, 0.05) is 18.0 Å². The van der Waals surface area contributed by atoms with Crippen LogP contribution in [0.4, 0.5) is 0 Å². The molecule has 0 unspecified atom stereocenters. The number of methoxy groups -OCH3 is 1. The molecule has 2 rings (SSSR count). The monoisotopic (exact) mass is 303 g/mol. The van der Waals surface area contributed by atoms with Gasteiger partial charge in [-0.25, -0.2) is 0 Å². The highest BCUT2D eigenvalue weighted by molar-refractivity contribution is 7.09. The molecule has 0 aliphatic carbocycles. The lowest BCUT2D eigenvalue weighted by molar-refractivity contribution is 0.319. The Kier molecular flexibility index (Phi) is 5.84. The van der Waals surface area contributed by atoms with E-state index in [0.717, 1.165) is 30.2 Å². The third kappa shape index (κ3) is 4.92. The Labute approximate surface area is 130 Å². The second kappa shape index (κ2) is 7.86. The van der Waals surface area contributed by atoms with Crippen molar-refractivity contribution in [3.8, 4) is 11.5 Å². The molecule has 0 saturated heterocycles. The van der Waals surface area contributed by atoms with Crippen molar-refractivity contribution in [1.29, 1.82) is 0 Å². The molecule has 21 heavy (non-hydrogen) atoms. The molecule has 4 heteroatoms. The molecule has 0 radical (unpaired) electrons. The lowest BCUT2D eigenvalue weighted by Crippen LogP contribution is -2.12. The average molecular weight is 303 g/mol. The highest BCUT2D eigenvalue weighted by Gasteiger charge is 2.06. The molecule has 1 heterocycles. The number of thiophene rings is 1. The molecule has 1 aromatic heterocycles. The summed E-state index contributed by atoms with van der Waals surface area (Å²) < 4.78 is 11.1. The third-order valence-electron chi connectivity index (χ3n) is 2.91. The van der Waals surface area contributed by atoms with Crippen LogP contribution >= 0.6 is 11.3 Å². The maximum atomic E-state index is 5.73. The van der Waals surface area contributed by atoms with E-state index in [-0.39, 0.29) is 0 Å². The topological polar surface area (TPSA) is 30.5 Å². The van der Waals surface area contributed by atoms with E-state index in [9.17, 15) is 0 Å². The maximum absolute atomic E-state index is 5.73. The van der Waals surface area contributed by atoms with Crippen molar-refractivity contribution in [2.45, 2.75) is 20.0 Å². The van der Waals surface area contributed by atoms with Crippen molar-refractivity contribution in [2.24, 2.45) is 0 Å². The summed E-state index contributed by atoms with van der Waals surface area (Å²) in [7, 11) is 1.65. The highest BCUT2D eigenvalue weighted by Crippen LogP contribution is 2.28. The number of rotatable bonds is 8. The first-order chi connectivity index (χ1) is 10.2. The number of benzene rings is 1. The van der Waals surface area contributed by atoms with Crippen LogP contribution in [0.1, 0.15) is 17.4 Å². The van der Waals surface area contributed by atoms with E-state index in [1.165, 1.54) is 10.4 Å². The minimum atomic E-state index is 0.502. The minimum absolute atomic E-state index is 0.502. The van der Waals surface area contributed by atoms with Gasteiger partial charge in [0.2, 0.25) is 0 Å². The summed E-state index contributed by atoms with van der Waals surface area (Å²) >= 11 is 1.76. The van der Waals surface area contributed by atoms with Crippen LogP contribution in [0.3, 0.4) is 0 Å². The Bertz CT molecular complexity index is 578. The summed E-state index contributed by atoms with van der Waals surface area (Å²) in [5.74, 6) is 1.51. The van der Waals surface area contributed by atoms with E-state index < -0.39 is 0 Å². The van der Waals surface area contributed by atoms with Crippen LogP contribution in [0.15, 0.2) is 47.9 Å². The lowest BCUT2D eigenvalue weighted by Gasteiger charge is -2.12. The fourth-order valence-corrected chi connectivity index (χ4v) is 2.56. The fraction of sp³-hybridized carbons (Fsp3) is 0.294. The third-order valence-corrected chi connectivity index (χ3v) is 3.79. The van der Waals surface area contributed by atoms with E-state index >= 15 is 0 Å². The summed E-state index contributed by atoms with van der Waals surface area (Å²) in [6.45, 7) is 7.97. The minimum Gasteiger partial charge on any atom is -0.493 e. The molecule has 0 fully saturated rings. The van der Waals surface area contributed by atoms with Crippen LogP contribution in [-0.4, -0.2) is 13.7 Å². The second-order valence-corrected chi connectivity index (χ2v) is 5.95. The SMILES string of the molecule is C=C(C)COc1cc(CNCc2cccs2)ccc1OC. The first kappa shape index (κ1) is 15.6. The molecule has 112 valence electrons. The maximum Gasteiger partial charge on any atom is 0.161 e. The van der Waals surface area contributed by atoms with Gasteiger partial charge in [0.1, 0.15) is 6.61 Å². The van der Waals surface area contributed by atoms with Crippen molar-refractivity contribution in [3.05, 3.63) is 58.3 Å². The Morgan fingerprint density at radius 3 is 2.76 bits per heavy atom. The molecular formula is C17H21NO2S. The molecule has 0 atom stereocenters. The van der Waals surface area contributed by atoms with Gasteiger partial charge in [-0.2, -0.15) is 0 Å². The number of hydrogen-bond acceptors (Lipinski definition) is 4. The molecule has 0 amide bonds. The number of ether oxygens (including phenoxy) is 2. The second-order valence-electron chi connectivity index (χ2n) is 4.91. The van der Waals surface area contributed by atoms with Gasteiger partial charge in [0.25, 0.3) is 0 Å². The summed E-state index contributed by atoms with van der Waals surface area (Å²) in [6.07, 6.45) is 0. The zero-order valence-corrected chi connectivity index (χ0v) is 13.3. The first-order valence-corrected chi connectivity index (χ1v) is 7.74. The van der Waals surface area contributed by atoms with E-state index in [0.29, 0.717) is 6.61 Å². The van der Waals surface area contributed by atoms with Crippen LogP contribution in [-0.2, 0) is 13.1 Å². The van der Waals surface area contributed by atoms with Crippen LogP contribution in [0.5, 0.6) is 11.5 Å². The fourth-order valence-electron chi connectivity index (χ4n) is 1.89. The van der Waals surface area contributed by atoms with Gasteiger partial charge in [0.15, 0.2) is 11.5 Å². The van der Waals surface area contributed by atoms with Gasteiger partial charge in [0.05, 0.1) is 7.11 Å². The van der Waals surface area contributed by atoms with E-state index in [1.807, 2.05) is 25.1 Å². The molecule has 0 spiro atoms. The molecule has 1 N–H and O–H groups in total. The molecule has 3 nitrogen and oxygen atoms in total. The Balaban J connectivity index is 1.95. The van der Waals surface area contributed by atoms with Crippen LogP contribution in [0.2, 0.25) is 0 Å². The van der Waals surface area contributed by atoms with Crippen molar-refractivity contribution < 1.29 is 9.47 Å². The predicted octanol–water partition coefficient (Wildman–Crippen LogP) is 4.00. The first-order valence-electron chi connectivity index (χ1n) is 6.86. The molecule has 0 aliphatic rings. The number of hydrogen-bond donors (Lipinski definition) is 1. The zero-order chi connectivity index (χ0) is 15.1. The van der Waals surface area contributed by atoms with Gasteiger partial charge in [-0.3, -0.25) is 0 Å². The van der Waals surface area contributed by atoms with Crippen molar-refractivity contribution in [2.75, 3.05) is 13.7 Å². The van der Waals surface area contributed by atoms with E-state index in [1.54, 1.807) is 18.4 Å². The summed E-state index contributed by atoms with van der Waals surface area (Å²) in [4.78, 5) is 1.34. The van der Waals surface area contributed by atoms with Gasteiger partial charge in [-0.05, 0) is 41.6 Å². The van der Waals surface area contributed by atoms with Crippen LogP contribution < -0.4 is 14.8 Å². The quantitative estimate of drug-likeness (QED) is 0.748. The predicted molar refractivity (Wildman–Crippen MR) is 88.2 cm³/mol. The molecule has 1 aromatic carbocycles. The largest absolute Gasteiger partial charge is 0.493 e. The van der Waals surface area contributed by atoms with Crippen molar-refractivity contribution >= 4 is 11.3 Å². The Morgan fingerprint density at radius 1 is 1.24 bits per heavy atom. The van der Waals surface area contributed by atoms with Gasteiger partial charge in [-0.15, -0.1) is 11.3 Å². The van der Waals surface area contributed by atoms with Gasteiger partial charge < -0.3 is 14.8 Å². The lowest BCUT2D eigenvalue weighted by atomic mass is 10.2. The Morgan fingerprint density at radius 2 is 2.10 bits per heavy atom. The molecule has 0 bridgehead atoms. The summed E-state index contributed by atoms with van der Waals surface area (Å²) in [6, 6.07) is 10.2. The molecule has 2 aromatic rings. The van der Waals surface area contributed by atoms with Crippen LogP contribution in [0, 0.1) is 0 Å². The zero-order valence-electron chi connectivity index (χ0n) is 12.5. The molecule has 0 aliphatic heterocycles. The van der Waals surface area contributed by atoms with E-state index in [4.69, 9.17) is 9.47 Å². The molecular weight excluding hydrogens is 282 g/mol. The smallest absolute Gasteiger partial charge is 0.161 e. The Hall–Kier alpha value is -1.78.